The van der Waals surface area contributed by atoms with Gasteiger partial charge in [-0.1, -0.05) is 25.9 Å². The molecule has 206 valence electrons. The van der Waals surface area contributed by atoms with Crippen molar-refractivity contribution in [2.75, 3.05) is 37.2 Å². The molecular weight excluding hydrogens is 510 g/mol. The number of hydrogen-bond donors (Lipinski definition) is 3. The molecule has 0 aliphatic rings. The molecule has 0 unspecified atom stereocenters. The van der Waals surface area contributed by atoms with Crippen molar-refractivity contribution in [2.24, 2.45) is 0 Å². The summed E-state index contributed by atoms with van der Waals surface area (Å²) in [6.45, 7) is 6.48. The van der Waals surface area contributed by atoms with E-state index >= 15 is 0 Å². The third-order valence-corrected chi connectivity index (χ3v) is 5.97. The Morgan fingerprint density at radius 1 is 1.05 bits per heavy atom. The SMILES string of the molecule is CN(C)COc1ccc(-c2nn(-c3ccc(NC(=O)Nc4cc(C(C)(C)C)on4)cc3)c3ncnc(N)c23)cc1. The zero-order valence-electron chi connectivity index (χ0n) is 23.0. The lowest BCUT2D eigenvalue weighted by molar-refractivity contribution is 0.179. The fourth-order valence-corrected chi connectivity index (χ4v) is 3.92. The average molecular weight is 542 g/mol. The number of carbonyl (C=O) groups excluding carboxylic acids is 1. The molecule has 4 N–H and O–H groups in total. The summed E-state index contributed by atoms with van der Waals surface area (Å²) in [4.78, 5) is 23.1. The van der Waals surface area contributed by atoms with Gasteiger partial charge in [-0.2, -0.15) is 5.10 Å². The first-order valence-corrected chi connectivity index (χ1v) is 12.6. The molecule has 0 spiro atoms. The number of fused-ring (bicyclic) bond motifs is 1. The van der Waals surface area contributed by atoms with Gasteiger partial charge in [0, 0.05) is 22.7 Å². The zero-order chi connectivity index (χ0) is 28.4. The number of nitrogens with zero attached hydrogens (tertiary/aromatic N) is 6. The summed E-state index contributed by atoms with van der Waals surface area (Å²) in [7, 11) is 3.88. The van der Waals surface area contributed by atoms with Gasteiger partial charge in [0.05, 0.1) is 11.1 Å². The van der Waals surface area contributed by atoms with Crippen LogP contribution in [0, 0.1) is 0 Å². The molecule has 2 amide bonds. The minimum Gasteiger partial charge on any atom is -0.478 e. The van der Waals surface area contributed by atoms with E-state index in [-0.39, 0.29) is 5.41 Å². The Hall–Kier alpha value is -4.97. The summed E-state index contributed by atoms with van der Waals surface area (Å²) in [5, 5.41) is 14.9. The Balaban J connectivity index is 1.36. The number of nitrogens with one attached hydrogen (secondary N) is 2. The van der Waals surface area contributed by atoms with Gasteiger partial charge in [-0.25, -0.2) is 19.4 Å². The van der Waals surface area contributed by atoms with Crippen molar-refractivity contribution < 1.29 is 14.1 Å². The lowest BCUT2D eigenvalue weighted by Gasteiger charge is -2.12. The second-order valence-electron chi connectivity index (χ2n) is 10.5. The Labute approximate surface area is 231 Å². The number of rotatable bonds is 7. The van der Waals surface area contributed by atoms with Gasteiger partial charge in [0.25, 0.3) is 0 Å². The van der Waals surface area contributed by atoms with E-state index in [9.17, 15) is 4.79 Å². The maximum Gasteiger partial charge on any atom is 0.324 e. The van der Waals surface area contributed by atoms with E-state index in [0.29, 0.717) is 46.5 Å². The predicted octanol–water partition coefficient (Wildman–Crippen LogP) is 4.89. The number of ether oxygens (including phenoxy) is 1. The van der Waals surface area contributed by atoms with Crippen molar-refractivity contribution in [3.8, 4) is 22.7 Å². The standard InChI is InChI=1S/C28H31N9O3/c1-28(2,3)21-14-22(35-40-21)33-27(38)32-18-8-10-19(11-9-18)37-26-23(25(29)30-15-31-26)24(34-37)17-6-12-20(13-7-17)39-16-36(4)5/h6-15H,16H2,1-5H3,(H2,29,30,31)(H2,32,33,35,38). The van der Waals surface area contributed by atoms with E-state index in [1.54, 1.807) is 22.9 Å². The first-order valence-electron chi connectivity index (χ1n) is 12.6. The molecule has 0 saturated carbocycles. The maximum absolute atomic E-state index is 12.5. The van der Waals surface area contributed by atoms with Crippen LogP contribution >= 0.6 is 0 Å². The van der Waals surface area contributed by atoms with Crippen LogP contribution in [0.15, 0.2) is 65.4 Å². The summed E-state index contributed by atoms with van der Waals surface area (Å²) in [6.07, 6.45) is 1.41. The zero-order valence-corrected chi connectivity index (χ0v) is 23.0. The Morgan fingerprint density at radius 3 is 2.42 bits per heavy atom. The number of aromatic nitrogens is 5. The summed E-state index contributed by atoms with van der Waals surface area (Å²) in [5.74, 6) is 2.09. The first-order chi connectivity index (χ1) is 19.1. The van der Waals surface area contributed by atoms with Gasteiger partial charge in [-0.15, -0.1) is 0 Å². The first kappa shape index (κ1) is 26.6. The number of anilines is 3. The van der Waals surface area contributed by atoms with E-state index in [1.807, 2.05) is 76.2 Å². The molecule has 0 atom stereocenters. The third kappa shape index (κ3) is 5.71. The van der Waals surface area contributed by atoms with E-state index in [2.05, 4.69) is 25.8 Å². The Morgan fingerprint density at radius 2 is 1.77 bits per heavy atom. The number of benzene rings is 2. The molecule has 12 nitrogen and oxygen atoms in total. The Bertz CT molecular complexity index is 1630. The van der Waals surface area contributed by atoms with Gasteiger partial charge < -0.3 is 20.3 Å². The van der Waals surface area contributed by atoms with Crippen LogP contribution in [0.2, 0.25) is 0 Å². The van der Waals surface area contributed by atoms with Crippen LogP contribution in [0.1, 0.15) is 26.5 Å². The van der Waals surface area contributed by atoms with E-state index in [4.69, 9.17) is 20.1 Å². The molecule has 5 rings (SSSR count). The van der Waals surface area contributed by atoms with Crippen LogP contribution < -0.4 is 21.1 Å². The normalized spacial score (nSPS) is 11.7. The molecule has 12 heteroatoms. The highest BCUT2D eigenvalue weighted by Gasteiger charge is 2.21. The van der Waals surface area contributed by atoms with Crippen LogP contribution in [-0.4, -0.2) is 56.7 Å². The summed E-state index contributed by atoms with van der Waals surface area (Å²) in [6, 6.07) is 16.1. The van der Waals surface area contributed by atoms with Crippen molar-refractivity contribution >= 4 is 34.4 Å². The molecule has 3 heterocycles. The van der Waals surface area contributed by atoms with E-state index in [1.165, 1.54) is 6.33 Å². The number of hydrogen-bond acceptors (Lipinski definition) is 9. The number of nitrogen functional groups attached to an aromatic ring is 1. The lowest BCUT2D eigenvalue weighted by Crippen LogP contribution is -2.19. The molecule has 0 radical (unpaired) electrons. The summed E-state index contributed by atoms with van der Waals surface area (Å²) >= 11 is 0. The second-order valence-corrected chi connectivity index (χ2v) is 10.5. The van der Waals surface area contributed by atoms with Gasteiger partial charge in [0.2, 0.25) is 0 Å². The number of carbonyl (C=O) groups is 1. The highest BCUT2D eigenvalue weighted by molar-refractivity contribution is 6.00. The molecule has 0 saturated heterocycles. The highest BCUT2D eigenvalue weighted by Crippen LogP contribution is 2.33. The van der Waals surface area contributed by atoms with Gasteiger partial charge in [-0.05, 0) is 62.6 Å². The monoisotopic (exact) mass is 541 g/mol. The fraction of sp³-hybridized carbons (Fsp3) is 0.250. The smallest absolute Gasteiger partial charge is 0.324 e. The topological polar surface area (TPSA) is 149 Å². The van der Waals surface area contributed by atoms with E-state index < -0.39 is 6.03 Å². The average Bonchev–Trinajstić information content (AvgIpc) is 3.54. The molecule has 0 bridgehead atoms. The van der Waals surface area contributed by atoms with Crippen molar-refractivity contribution in [1.82, 2.24) is 29.8 Å². The molecule has 40 heavy (non-hydrogen) atoms. The van der Waals surface area contributed by atoms with Gasteiger partial charge in [-0.3, -0.25) is 10.2 Å². The van der Waals surface area contributed by atoms with Crippen LogP contribution in [0.5, 0.6) is 5.75 Å². The van der Waals surface area contributed by atoms with Crippen molar-refractivity contribution in [2.45, 2.75) is 26.2 Å². The van der Waals surface area contributed by atoms with Crippen LogP contribution in [0.3, 0.4) is 0 Å². The quantitative estimate of drug-likeness (QED) is 0.245. The Kier molecular flexibility index (Phi) is 7.09. The van der Waals surface area contributed by atoms with Crippen molar-refractivity contribution in [3.63, 3.8) is 0 Å². The second kappa shape index (κ2) is 10.7. The summed E-state index contributed by atoms with van der Waals surface area (Å²) in [5.41, 5.74) is 9.43. The van der Waals surface area contributed by atoms with Crippen LogP contribution in [-0.2, 0) is 5.41 Å². The number of amides is 2. The van der Waals surface area contributed by atoms with Crippen LogP contribution in [0.4, 0.5) is 22.1 Å². The van der Waals surface area contributed by atoms with Gasteiger partial charge in [0.15, 0.2) is 11.5 Å². The number of urea groups is 1. The highest BCUT2D eigenvalue weighted by atomic mass is 16.5. The third-order valence-electron chi connectivity index (χ3n) is 5.97. The molecule has 0 fully saturated rings. The fourth-order valence-electron chi connectivity index (χ4n) is 3.92. The van der Waals surface area contributed by atoms with Gasteiger partial charge in [0.1, 0.15) is 36.1 Å². The molecular formula is C28H31N9O3. The predicted molar refractivity (Wildman–Crippen MR) is 154 cm³/mol. The minimum atomic E-state index is -0.438. The molecule has 0 aliphatic carbocycles. The van der Waals surface area contributed by atoms with E-state index in [0.717, 1.165) is 17.0 Å². The van der Waals surface area contributed by atoms with Crippen molar-refractivity contribution in [1.29, 1.82) is 0 Å². The minimum absolute atomic E-state index is 0.213. The van der Waals surface area contributed by atoms with Crippen LogP contribution in [0.25, 0.3) is 28.0 Å². The maximum atomic E-state index is 12.5. The summed E-state index contributed by atoms with van der Waals surface area (Å²) < 4.78 is 12.8. The largest absolute Gasteiger partial charge is 0.478 e. The number of nitrogens with two attached hydrogens (primary N) is 1. The molecule has 5 aromatic rings. The van der Waals surface area contributed by atoms with Crippen molar-refractivity contribution in [3.05, 3.63) is 66.7 Å². The van der Waals surface area contributed by atoms with Gasteiger partial charge >= 0.3 is 6.03 Å². The molecule has 0 aliphatic heterocycles. The lowest BCUT2D eigenvalue weighted by atomic mass is 9.93. The molecule has 2 aromatic carbocycles. The molecule has 3 aromatic heterocycles.